The van der Waals surface area contributed by atoms with Gasteiger partial charge in [-0.1, -0.05) is 29.3 Å². The molecule has 1 unspecified atom stereocenters. The molecular weight excluding hydrogens is 273 g/mol. The van der Waals surface area contributed by atoms with Gasteiger partial charge in [0.15, 0.2) is 5.75 Å². The molecule has 2 rings (SSSR count). The Morgan fingerprint density at radius 3 is 2.67 bits per heavy atom. The maximum atomic E-state index is 6.11. The molecule has 0 aliphatic carbocycles. The molecule has 3 nitrogen and oxygen atoms in total. The van der Waals surface area contributed by atoms with Crippen LogP contribution >= 0.6 is 23.2 Å². The Labute approximate surface area is 117 Å². The second-order valence-corrected chi connectivity index (χ2v) is 5.23. The summed E-state index contributed by atoms with van der Waals surface area (Å²) in [5, 5.41) is 4.40. The van der Waals surface area contributed by atoms with E-state index < -0.39 is 0 Å². The van der Waals surface area contributed by atoms with Gasteiger partial charge >= 0.3 is 0 Å². The van der Waals surface area contributed by atoms with Gasteiger partial charge in [0, 0.05) is 19.6 Å². The zero-order valence-electron chi connectivity index (χ0n) is 10.3. The summed E-state index contributed by atoms with van der Waals surface area (Å²) >= 11 is 12.2. The van der Waals surface area contributed by atoms with E-state index in [1.54, 1.807) is 25.3 Å². The summed E-state index contributed by atoms with van der Waals surface area (Å²) in [6, 6.07) is 5.36. The van der Waals surface area contributed by atoms with E-state index >= 15 is 0 Å². The van der Waals surface area contributed by atoms with E-state index in [-0.39, 0.29) is 6.10 Å². The second-order valence-electron chi connectivity index (χ2n) is 4.42. The van der Waals surface area contributed by atoms with Crippen molar-refractivity contribution in [1.29, 1.82) is 0 Å². The SMILES string of the molecule is COC[C@@H](Oc1c(Cl)cccc1Cl)C1CCNC1. The van der Waals surface area contributed by atoms with Gasteiger partial charge < -0.3 is 14.8 Å². The number of nitrogens with one attached hydrogen (secondary N) is 1. The van der Waals surface area contributed by atoms with Gasteiger partial charge in [0.2, 0.25) is 0 Å². The highest BCUT2D eigenvalue weighted by Gasteiger charge is 2.27. The fourth-order valence-electron chi connectivity index (χ4n) is 2.17. The minimum absolute atomic E-state index is 0.0256. The fourth-order valence-corrected chi connectivity index (χ4v) is 2.66. The minimum Gasteiger partial charge on any atom is -0.485 e. The van der Waals surface area contributed by atoms with Crippen molar-refractivity contribution >= 4 is 23.2 Å². The van der Waals surface area contributed by atoms with E-state index in [1.165, 1.54) is 0 Å². The maximum Gasteiger partial charge on any atom is 0.157 e. The summed E-state index contributed by atoms with van der Waals surface area (Å²) in [5.41, 5.74) is 0. The largest absolute Gasteiger partial charge is 0.485 e. The first-order valence-corrected chi connectivity index (χ1v) is 6.78. The lowest BCUT2D eigenvalue weighted by Crippen LogP contribution is -2.33. The summed E-state index contributed by atoms with van der Waals surface area (Å²) in [7, 11) is 1.67. The molecule has 1 aromatic carbocycles. The first kappa shape index (κ1) is 13.9. The number of rotatable bonds is 5. The fraction of sp³-hybridized carbons (Fsp3) is 0.538. The molecule has 0 spiro atoms. The number of halogens is 2. The average molecular weight is 290 g/mol. The molecule has 1 heterocycles. The van der Waals surface area contributed by atoms with Crippen molar-refractivity contribution in [3.8, 4) is 5.75 Å². The number of para-hydroxylation sites is 1. The molecule has 2 atom stereocenters. The van der Waals surface area contributed by atoms with Crippen molar-refractivity contribution < 1.29 is 9.47 Å². The Hall–Kier alpha value is -0.480. The molecule has 0 aromatic heterocycles. The summed E-state index contributed by atoms with van der Waals surface area (Å²) in [6.07, 6.45) is 1.05. The van der Waals surface area contributed by atoms with Gasteiger partial charge in [-0.2, -0.15) is 0 Å². The smallest absolute Gasteiger partial charge is 0.157 e. The standard InChI is InChI=1S/C13H17Cl2NO2/c1-17-8-12(9-5-6-16-7-9)18-13-10(14)3-2-4-11(13)15/h2-4,9,12,16H,5-8H2,1H3/t9?,12-/m1/s1. The Morgan fingerprint density at radius 1 is 1.39 bits per heavy atom. The van der Waals surface area contributed by atoms with Crippen molar-refractivity contribution in [3.05, 3.63) is 28.2 Å². The molecule has 1 N–H and O–H groups in total. The molecule has 5 heteroatoms. The van der Waals surface area contributed by atoms with Crippen molar-refractivity contribution in [2.45, 2.75) is 12.5 Å². The van der Waals surface area contributed by atoms with Gasteiger partial charge in [0.05, 0.1) is 16.7 Å². The van der Waals surface area contributed by atoms with Gasteiger partial charge in [0.25, 0.3) is 0 Å². The van der Waals surface area contributed by atoms with Crippen LogP contribution < -0.4 is 10.1 Å². The number of methoxy groups -OCH3 is 1. The highest BCUT2D eigenvalue weighted by molar-refractivity contribution is 6.37. The third kappa shape index (κ3) is 3.29. The van der Waals surface area contributed by atoms with Gasteiger partial charge in [-0.3, -0.25) is 0 Å². The summed E-state index contributed by atoms with van der Waals surface area (Å²) in [4.78, 5) is 0. The molecule has 0 saturated carbocycles. The van der Waals surface area contributed by atoms with Crippen LogP contribution in [0.25, 0.3) is 0 Å². The zero-order chi connectivity index (χ0) is 13.0. The van der Waals surface area contributed by atoms with Gasteiger partial charge in [-0.25, -0.2) is 0 Å². The van der Waals surface area contributed by atoms with Crippen LogP contribution in [0.4, 0.5) is 0 Å². The summed E-state index contributed by atoms with van der Waals surface area (Å²) < 4.78 is 11.2. The van der Waals surface area contributed by atoms with E-state index in [9.17, 15) is 0 Å². The van der Waals surface area contributed by atoms with Crippen LogP contribution in [0.2, 0.25) is 10.0 Å². The number of hydrogen-bond donors (Lipinski definition) is 1. The lowest BCUT2D eigenvalue weighted by molar-refractivity contribution is 0.0484. The van der Waals surface area contributed by atoms with E-state index in [0.717, 1.165) is 19.5 Å². The molecule has 1 saturated heterocycles. The Kier molecular flexibility index (Phi) is 5.13. The van der Waals surface area contributed by atoms with Gasteiger partial charge in [-0.15, -0.1) is 0 Å². The molecular formula is C13H17Cl2NO2. The Bertz CT molecular complexity index is 374. The average Bonchev–Trinajstić information content (AvgIpc) is 2.86. The minimum atomic E-state index is -0.0256. The molecule has 0 radical (unpaired) electrons. The first-order valence-electron chi connectivity index (χ1n) is 6.02. The van der Waals surface area contributed by atoms with Crippen LogP contribution in [0.15, 0.2) is 18.2 Å². The third-order valence-corrected chi connectivity index (χ3v) is 3.74. The molecule has 18 heavy (non-hydrogen) atoms. The van der Waals surface area contributed by atoms with Crippen molar-refractivity contribution in [1.82, 2.24) is 5.32 Å². The lowest BCUT2D eigenvalue weighted by atomic mass is 10.0. The molecule has 1 fully saturated rings. The normalized spacial score (nSPS) is 20.9. The van der Waals surface area contributed by atoms with Gasteiger partial charge in [-0.05, 0) is 25.1 Å². The van der Waals surface area contributed by atoms with Crippen LogP contribution in [0.1, 0.15) is 6.42 Å². The highest BCUT2D eigenvalue weighted by atomic mass is 35.5. The van der Waals surface area contributed by atoms with Crippen LogP contribution in [0.5, 0.6) is 5.75 Å². The van der Waals surface area contributed by atoms with E-state index in [4.69, 9.17) is 32.7 Å². The molecule has 0 bridgehead atoms. The van der Waals surface area contributed by atoms with Crippen molar-refractivity contribution in [2.24, 2.45) is 5.92 Å². The van der Waals surface area contributed by atoms with E-state index in [2.05, 4.69) is 5.32 Å². The Morgan fingerprint density at radius 2 is 2.11 bits per heavy atom. The Balaban J connectivity index is 2.12. The molecule has 100 valence electrons. The zero-order valence-corrected chi connectivity index (χ0v) is 11.8. The predicted octanol–water partition coefficient (Wildman–Crippen LogP) is 3.00. The van der Waals surface area contributed by atoms with Crippen LogP contribution in [0, 0.1) is 5.92 Å². The van der Waals surface area contributed by atoms with Gasteiger partial charge in [0.1, 0.15) is 6.10 Å². The third-order valence-electron chi connectivity index (χ3n) is 3.14. The number of benzene rings is 1. The monoisotopic (exact) mass is 289 g/mol. The number of hydrogen-bond acceptors (Lipinski definition) is 3. The quantitative estimate of drug-likeness (QED) is 0.904. The molecule has 1 aliphatic rings. The second kappa shape index (κ2) is 6.62. The highest BCUT2D eigenvalue weighted by Crippen LogP contribution is 2.34. The first-order chi connectivity index (χ1) is 8.72. The molecule has 1 aliphatic heterocycles. The predicted molar refractivity (Wildman–Crippen MR) is 73.7 cm³/mol. The molecule has 1 aromatic rings. The lowest BCUT2D eigenvalue weighted by Gasteiger charge is -2.24. The maximum absolute atomic E-state index is 6.11. The topological polar surface area (TPSA) is 30.5 Å². The van der Waals surface area contributed by atoms with E-state index in [1.807, 2.05) is 0 Å². The van der Waals surface area contributed by atoms with Crippen molar-refractivity contribution in [3.63, 3.8) is 0 Å². The van der Waals surface area contributed by atoms with Crippen LogP contribution in [-0.4, -0.2) is 32.9 Å². The summed E-state index contributed by atoms with van der Waals surface area (Å²) in [5.74, 6) is 0.979. The van der Waals surface area contributed by atoms with Crippen LogP contribution in [0.3, 0.4) is 0 Å². The summed E-state index contributed by atoms with van der Waals surface area (Å²) in [6.45, 7) is 2.49. The van der Waals surface area contributed by atoms with Crippen molar-refractivity contribution in [2.75, 3.05) is 26.8 Å². The van der Waals surface area contributed by atoms with E-state index in [0.29, 0.717) is 28.3 Å². The number of ether oxygens (including phenoxy) is 2. The molecule has 0 amide bonds. The van der Waals surface area contributed by atoms with Crippen LogP contribution in [-0.2, 0) is 4.74 Å².